The second-order valence-corrected chi connectivity index (χ2v) is 10.3. The number of aromatic nitrogens is 2. The average molecular weight is 574 g/mol. The van der Waals surface area contributed by atoms with Gasteiger partial charge in [-0.05, 0) is 48.9 Å². The number of hydrogen-bond donors (Lipinski definition) is 3. The zero-order valence-electron chi connectivity index (χ0n) is 20.3. The molecule has 196 valence electrons. The first-order valence-electron chi connectivity index (χ1n) is 10.9. The molecule has 0 bridgehead atoms. The van der Waals surface area contributed by atoms with E-state index in [-0.39, 0.29) is 31.5 Å². The first-order valence-corrected chi connectivity index (χ1v) is 13.3. The maximum absolute atomic E-state index is 13.6. The number of aromatic hydroxyl groups is 1. The van der Waals surface area contributed by atoms with Crippen LogP contribution in [0.2, 0.25) is 5.02 Å². The molecule has 38 heavy (non-hydrogen) atoms. The van der Waals surface area contributed by atoms with E-state index in [4.69, 9.17) is 16.3 Å². The van der Waals surface area contributed by atoms with Gasteiger partial charge in [0.05, 0.1) is 29.7 Å². The first-order chi connectivity index (χ1) is 18.2. The molecule has 0 aliphatic carbocycles. The third-order valence-corrected chi connectivity index (χ3v) is 7.77. The Bertz CT molecular complexity index is 1580. The summed E-state index contributed by atoms with van der Waals surface area (Å²) >= 11 is 6.90. The lowest BCUT2D eigenvalue weighted by Crippen LogP contribution is -2.17. The van der Waals surface area contributed by atoms with Gasteiger partial charge in [-0.3, -0.25) is 14.5 Å². The number of phenols is 1. The molecular weight excluding hydrogens is 553 g/mol. The fourth-order valence-corrected chi connectivity index (χ4v) is 5.52. The van der Waals surface area contributed by atoms with E-state index in [0.29, 0.717) is 28.1 Å². The Hall–Kier alpha value is -3.87. The van der Waals surface area contributed by atoms with E-state index in [9.17, 15) is 18.5 Å². The van der Waals surface area contributed by atoms with Gasteiger partial charge in [0.1, 0.15) is 10.7 Å². The zero-order valence-corrected chi connectivity index (χ0v) is 22.7. The fourth-order valence-electron chi connectivity index (χ4n) is 3.36. The van der Waals surface area contributed by atoms with Crippen molar-refractivity contribution in [2.75, 3.05) is 18.9 Å². The molecule has 1 amide bonds. The molecule has 4 rings (SSSR count). The third-order valence-electron chi connectivity index (χ3n) is 5.23. The summed E-state index contributed by atoms with van der Waals surface area (Å²) in [6.45, 7) is 1.73. The van der Waals surface area contributed by atoms with Gasteiger partial charge in [-0.25, -0.2) is 18.6 Å². The Labute approximate surface area is 229 Å². The van der Waals surface area contributed by atoms with Crippen LogP contribution in [0.3, 0.4) is 0 Å². The number of ether oxygens (including phenoxy) is 1. The molecule has 0 saturated heterocycles. The van der Waals surface area contributed by atoms with Crippen LogP contribution in [0.5, 0.6) is 11.5 Å². The van der Waals surface area contributed by atoms with Crippen LogP contribution < -0.4 is 14.8 Å². The van der Waals surface area contributed by atoms with Crippen LogP contribution in [0.15, 0.2) is 58.7 Å². The number of methoxy groups -OCH3 is 1. The lowest BCUT2D eigenvalue weighted by Gasteiger charge is -2.07. The van der Waals surface area contributed by atoms with Crippen molar-refractivity contribution >= 4 is 56.9 Å². The number of benzene rings is 2. The highest BCUT2D eigenvalue weighted by Gasteiger charge is 2.21. The lowest BCUT2D eigenvalue weighted by atomic mass is 10.1. The number of aliphatic imine (C=N–C) groups is 1. The minimum atomic E-state index is -1.82. The molecule has 9 nitrogen and oxygen atoms in total. The number of nitrogens with zero attached hydrogens (tertiary/aromatic N) is 3. The van der Waals surface area contributed by atoms with Gasteiger partial charge >= 0.3 is 0 Å². The number of hydrogen-bond acceptors (Lipinski definition) is 8. The van der Waals surface area contributed by atoms with Crippen molar-refractivity contribution in [3.05, 3.63) is 75.5 Å². The number of thiazole rings is 1. The molecule has 0 saturated carbocycles. The smallest absolute Gasteiger partial charge is 0.263 e. The number of amides is 1. The molecule has 1 unspecified atom stereocenters. The van der Waals surface area contributed by atoms with E-state index in [0.717, 1.165) is 11.3 Å². The Morgan fingerprint density at radius 1 is 1.29 bits per heavy atom. The quantitative estimate of drug-likeness (QED) is 0.247. The Morgan fingerprint density at radius 3 is 2.76 bits per heavy atom. The number of rotatable bonds is 8. The number of carbonyl (C=O) groups excluding carboxylic acids is 1. The van der Waals surface area contributed by atoms with Gasteiger partial charge < -0.3 is 15.2 Å². The molecule has 0 aliphatic rings. The maximum atomic E-state index is 13.6. The number of halogens is 2. The van der Waals surface area contributed by atoms with Crippen molar-refractivity contribution in [1.29, 1.82) is 0 Å². The second kappa shape index (κ2) is 11.7. The summed E-state index contributed by atoms with van der Waals surface area (Å²) in [6, 6.07) is 10.8. The van der Waals surface area contributed by atoms with E-state index in [2.05, 4.69) is 25.0 Å². The molecule has 4 aromatic rings. The molecule has 2 aromatic carbocycles. The summed E-state index contributed by atoms with van der Waals surface area (Å²) in [5, 5.41) is 13.1. The largest absolute Gasteiger partial charge is 0.504 e. The third kappa shape index (κ3) is 5.82. The van der Waals surface area contributed by atoms with Crippen LogP contribution in [0, 0.1) is 12.7 Å². The van der Waals surface area contributed by atoms with Crippen LogP contribution in [-0.2, 0) is 11.0 Å². The van der Waals surface area contributed by atoms with E-state index < -0.39 is 22.7 Å². The summed E-state index contributed by atoms with van der Waals surface area (Å²) in [5.41, 5.74) is 2.24. The van der Waals surface area contributed by atoms with Gasteiger partial charge in [0.2, 0.25) is 0 Å². The summed E-state index contributed by atoms with van der Waals surface area (Å²) in [7, 11) is 1.12. The second-order valence-electron chi connectivity index (χ2n) is 7.75. The van der Waals surface area contributed by atoms with Crippen molar-refractivity contribution in [1.82, 2.24) is 15.3 Å². The monoisotopic (exact) mass is 573 g/mol. The number of aryl methyl sites for hydroxylation is 1. The van der Waals surface area contributed by atoms with Gasteiger partial charge in [0, 0.05) is 24.4 Å². The molecular formula is C25H21ClFN5O4S2. The van der Waals surface area contributed by atoms with Gasteiger partial charge in [0.15, 0.2) is 32.6 Å². The average Bonchev–Trinajstić information content (AvgIpc) is 3.32. The van der Waals surface area contributed by atoms with Crippen molar-refractivity contribution in [2.24, 2.45) is 4.99 Å². The normalized spacial score (nSPS) is 11.9. The van der Waals surface area contributed by atoms with Crippen molar-refractivity contribution in [3.63, 3.8) is 0 Å². The number of carbonyl (C=O) groups is 1. The predicted octanol–water partition coefficient (Wildman–Crippen LogP) is 5.27. The predicted molar refractivity (Wildman–Crippen MR) is 147 cm³/mol. The van der Waals surface area contributed by atoms with Crippen molar-refractivity contribution in [2.45, 2.75) is 11.9 Å². The highest BCUT2D eigenvalue weighted by molar-refractivity contribution is 7.86. The molecule has 0 spiro atoms. The molecule has 2 aromatic heterocycles. The number of pyridine rings is 1. The van der Waals surface area contributed by atoms with Crippen LogP contribution in [0.25, 0.3) is 11.3 Å². The standard InChI is InChI=1S/C25H21ClFN5O4S2/c1-13-9-16(29-11-15-5-4-6-19(36-3)21(15)33)12-30-24(13)38(35)32-25-31-20(22(37-25)23(34)28-2)14-7-8-18(27)17(26)10-14/h4-12,33H,1-3H3,(H,28,34)(H,31,32). The van der Waals surface area contributed by atoms with Crippen molar-refractivity contribution < 1.29 is 23.2 Å². The topological polar surface area (TPSA) is 126 Å². The van der Waals surface area contributed by atoms with Gasteiger partial charge in [-0.2, -0.15) is 0 Å². The van der Waals surface area contributed by atoms with E-state index >= 15 is 0 Å². The van der Waals surface area contributed by atoms with E-state index in [1.54, 1.807) is 31.2 Å². The van der Waals surface area contributed by atoms with E-state index in [1.807, 2.05) is 0 Å². The minimum absolute atomic E-state index is 0.0350. The zero-order chi connectivity index (χ0) is 27.4. The lowest BCUT2D eigenvalue weighted by molar-refractivity contribution is 0.0967. The highest BCUT2D eigenvalue weighted by atomic mass is 35.5. The van der Waals surface area contributed by atoms with Crippen molar-refractivity contribution in [3.8, 4) is 22.8 Å². The number of nitrogens with one attached hydrogen (secondary N) is 2. The SMILES string of the molecule is CNC(=O)c1sc(NS(=O)c2ncc(N=Cc3cccc(OC)c3O)cc2C)nc1-c1ccc(F)c(Cl)c1. The van der Waals surface area contributed by atoms with Crippen LogP contribution in [0.1, 0.15) is 20.8 Å². The summed E-state index contributed by atoms with van der Waals surface area (Å²) in [6.07, 6.45) is 2.92. The van der Waals surface area contributed by atoms with Crippen LogP contribution in [-0.4, -0.2) is 45.6 Å². The summed E-state index contributed by atoms with van der Waals surface area (Å²) in [5.74, 6) is -0.712. The Morgan fingerprint density at radius 2 is 2.08 bits per heavy atom. The maximum Gasteiger partial charge on any atom is 0.263 e. The van der Waals surface area contributed by atoms with Crippen LogP contribution in [0.4, 0.5) is 15.2 Å². The van der Waals surface area contributed by atoms with E-state index in [1.165, 1.54) is 44.8 Å². The molecule has 0 aliphatic heterocycles. The van der Waals surface area contributed by atoms with Gasteiger partial charge in [0.25, 0.3) is 5.91 Å². The number of para-hydroxylation sites is 1. The molecule has 0 fully saturated rings. The fraction of sp³-hybridized carbons (Fsp3) is 0.120. The summed E-state index contributed by atoms with van der Waals surface area (Å²) in [4.78, 5) is 25.7. The molecule has 0 radical (unpaired) electrons. The Balaban J connectivity index is 1.57. The highest BCUT2D eigenvalue weighted by Crippen LogP contribution is 2.34. The number of anilines is 1. The molecule has 2 heterocycles. The molecule has 13 heteroatoms. The summed E-state index contributed by atoms with van der Waals surface area (Å²) < 4.78 is 34.6. The van der Waals surface area contributed by atoms with Gasteiger partial charge in [-0.1, -0.05) is 29.0 Å². The van der Waals surface area contributed by atoms with Crippen LogP contribution >= 0.6 is 22.9 Å². The minimum Gasteiger partial charge on any atom is -0.504 e. The van der Waals surface area contributed by atoms with Gasteiger partial charge in [-0.15, -0.1) is 0 Å². The number of phenolic OH excluding ortho intramolecular Hbond substituents is 1. The Kier molecular flexibility index (Phi) is 8.35. The molecule has 3 N–H and O–H groups in total. The first kappa shape index (κ1) is 27.2. The molecule has 1 atom stereocenters.